The van der Waals surface area contributed by atoms with Gasteiger partial charge in [-0.15, -0.1) is 0 Å². The fourth-order valence-corrected chi connectivity index (χ4v) is 3.94. The smallest absolute Gasteiger partial charge is 0.335 e. The molecular weight excluding hydrogens is 548 g/mol. The fraction of sp³-hybridized carbons (Fsp3) is 0.148. The lowest BCUT2D eigenvalue weighted by molar-refractivity contribution is -0.122. The molecule has 0 bridgehead atoms. The molecule has 1 fully saturated rings. The SMILES string of the molecule is CCCOc1ccc(/C=C2\C(=O)NC(=O)N(c3ccc(OCc4ccc(Br)cc4)cc3)C2=O)cc1Cl. The van der Waals surface area contributed by atoms with Gasteiger partial charge in [0.2, 0.25) is 0 Å². The Labute approximate surface area is 221 Å². The molecular formula is C27H22BrClN2O5. The van der Waals surface area contributed by atoms with Gasteiger partial charge >= 0.3 is 6.03 Å². The Morgan fingerprint density at radius 3 is 2.36 bits per heavy atom. The summed E-state index contributed by atoms with van der Waals surface area (Å²) in [6.45, 7) is 2.87. The molecule has 0 radical (unpaired) electrons. The van der Waals surface area contributed by atoms with Crippen LogP contribution in [-0.4, -0.2) is 24.5 Å². The molecule has 1 saturated heterocycles. The summed E-state index contributed by atoms with van der Waals surface area (Å²) >= 11 is 9.67. The maximum Gasteiger partial charge on any atom is 0.335 e. The predicted octanol–water partition coefficient (Wildman–Crippen LogP) is 6.14. The van der Waals surface area contributed by atoms with Crippen molar-refractivity contribution in [3.05, 3.63) is 92.9 Å². The highest BCUT2D eigenvalue weighted by atomic mass is 79.9. The molecule has 1 heterocycles. The largest absolute Gasteiger partial charge is 0.492 e. The zero-order valence-electron chi connectivity index (χ0n) is 19.3. The van der Waals surface area contributed by atoms with Crippen molar-refractivity contribution < 1.29 is 23.9 Å². The number of nitrogens with zero attached hydrogens (tertiary/aromatic N) is 1. The van der Waals surface area contributed by atoms with Crippen molar-refractivity contribution in [1.82, 2.24) is 5.32 Å². The highest BCUT2D eigenvalue weighted by Crippen LogP contribution is 2.28. The van der Waals surface area contributed by atoms with E-state index in [9.17, 15) is 14.4 Å². The first-order chi connectivity index (χ1) is 17.4. The third-order valence-electron chi connectivity index (χ3n) is 5.24. The average Bonchev–Trinajstić information content (AvgIpc) is 2.86. The van der Waals surface area contributed by atoms with Crippen LogP contribution in [0.5, 0.6) is 11.5 Å². The lowest BCUT2D eigenvalue weighted by Gasteiger charge is -2.26. The minimum atomic E-state index is -0.827. The van der Waals surface area contributed by atoms with E-state index >= 15 is 0 Å². The van der Waals surface area contributed by atoms with Gasteiger partial charge in [-0.1, -0.05) is 52.7 Å². The Morgan fingerprint density at radius 2 is 1.69 bits per heavy atom. The number of benzene rings is 3. The van der Waals surface area contributed by atoms with Crippen molar-refractivity contribution in [2.75, 3.05) is 11.5 Å². The quantitative estimate of drug-likeness (QED) is 0.260. The zero-order valence-corrected chi connectivity index (χ0v) is 21.6. The fourth-order valence-electron chi connectivity index (χ4n) is 3.43. The third kappa shape index (κ3) is 5.95. The minimum absolute atomic E-state index is 0.191. The second-order valence-electron chi connectivity index (χ2n) is 7.91. The number of ether oxygens (including phenoxy) is 2. The molecule has 3 aromatic carbocycles. The summed E-state index contributed by atoms with van der Waals surface area (Å²) in [4.78, 5) is 39.0. The Balaban J connectivity index is 1.50. The number of hydrogen-bond acceptors (Lipinski definition) is 5. The maximum atomic E-state index is 13.2. The van der Waals surface area contributed by atoms with Crippen molar-refractivity contribution in [2.45, 2.75) is 20.0 Å². The van der Waals surface area contributed by atoms with Gasteiger partial charge in [-0.3, -0.25) is 14.9 Å². The maximum absolute atomic E-state index is 13.2. The Bertz CT molecular complexity index is 1320. The van der Waals surface area contributed by atoms with E-state index in [1.165, 1.54) is 6.08 Å². The average molecular weight is 570 g/mol. The first kappa shape index (κ1) is 25.5. The zero-order chi connectivity index (χ0) is 25.7. The number of rotatable bonds is 8. The number of urea groups is 1. The standard InChI is InChI=1S/C27H22BrClN2O5/c1-2-13-35-24-12-5-18(15-23(24)29)14-22-25(32)30-27(34)31(26(22)33)20-8-10-21(11-9-20)36-16-17-3-6-19(28)7-4-17/h3-12,14-15H,2,13,16H2,1H3,(H,30,32,34)/b22-14+. The van der Waals surface area contributed by atoms with Crippen LogP contribution in [0.25, 0.3) is 6.08 Å². The van der Waals surface area contributed by atoms with E-state index in [1.807, 2.05) is 31.2 Å². The van der Waals surface area contributed by atoms with Crippen LogP contribution in [0.4, 0.5) is 10.5 Å². The number of carbonyl (C=O) groups is 3. The van der Waals surface area contributed by atoms with Crippen LogP contribution in [-0.2, 0) is 16.2 Å². The van der Waals surface area contributed by atoms with Crippen molar-refractivity contribution in [1.29, 1.82) is 0 Å². The summed E-state index contributed by atoms with van der Waals surface area (Å²) < 4.78 is 12.3. The van der Waals surface area contributed by atoms with Crippen molar-refractivity contribution in [2.24, 2.45) is 0 Å². The highest BCUT2D eigenvalue weighted by Gasteiger charge is 2.36. The molecule has 0 unspecified atom stereocenters. The topological polar surface area (TPSA) is 84.9 Å². The summed E-state index contributed by atoms with van der Waals surface area (Å²) in [7, 11) is 0. The van der Waals surface area contributed by atoms with Crippen molar-refractivity contribution in [3.63, 3.8) is 0 Å². The molecule has 0 spiro atoms. The Kier molecular flexibility index (Phi) is 8.07. The van der Waals surface area contributed by atoms with Crippen LogP contribution in [0.15, 0.2) is 76.8 Å². The van der Waals surface area contributed by atoms with Gasteiger partial charge in [0.25, 0.3) is 11.8 Å². The number of halogens is 2. The Hall–Kier alpha value is -3.62. The molecule has 0 aliphatic carbocycles. The van der Waals surface area contributed by atoms with Gasteiger partial charge in [-0.2, -0.15) is 0 Å². The third-order valence-corrected chi connectivity index (χ3v) is 6.07. The van der Waals surface area contributed by atoms with Gasteiger partial charge in [-0.25, -0.2) is 9.69 Å². The van der Waals surface area contributed by atoms with E-state index in [-0.39, 0.29) is 5.57 Å². The normalized spacial score (nSPS) is 14.7. The van der Waals surface area contributed by atoms with Gasteiger partial charge < -0.3 is 9.47 Å². The van der Waals surface area contributed by atoms with Gasteiger partial charge in [-0.05, 0) is 72.2 Å². The van der Waals surface area contributed by atoms with Crippen molar-refractivity contribution in [3.8, 4) is 11.5 Å². The summed E-state index contributed by atoms with van der Waals surface area (Å²) in [6.07, 6.45) is 2.22. The van der Waals surface area contributed by atoms with E-state index in [2.05, 4.69) is 21.2 Å². The first-order valence-corrected chi connectivity index (χ1v) is 12.3. The molecule has 3 aromatic rings. The van der Waals surface area contributed by atoms with Gasteiger partial charge in [0.1, 0.15) is 23.7 Å². The molecule has 36 heavy (non-hydrogen) atoms. The van der Waals surface area contributed by atoms with Gasteiger partial charge in [0.05, 0.1) is 17.3 Å². The van der Waals surface area contributed by atoms with E-state index in [4.69, 9.17) is 21.1 Å². The lowest BCUT2D eigenvalue weighted by Crippen LogP contribution is -2.54. The molecule has 1 aliphatic heterocycles. The van der Waals surface area contributed by atoms with Crippen LogP contribution in [0, 0.1) is 0 Å². The number of hydrogen-bond donors (Lipinski definition) is 1. The monoisotopic (exact) mass is 568 g/mol. The van der Waals surface area contributed by atoms with E-state index in [0.29, 0.717) is 41.0 Å². The molecule has 0 atom stereocenters. The van der Waals surface area contributed by atoms with Crippen LogP contribution in [0.1, 0.15) is 24.5 Å². The van der Waals surface area contributed by atoms with Crippen LogP contribution in [0.3, 0.4) is 0 Å². The number of nitrogens with one attached hydrogen (secondary N) is 1. The van der Waals surface area contributed by atoms with Crippen LogP contribution in [0.2, 0.25) is 5.02 Å². The number of barbiturate groups is 1. The lowest BCUT2D eigenvalue weighted by atomic mass is 10.1. The van der Waals surface area contributed by atoms with Gasteiger partial charge in [0.15, 0.2) is 0 Å². The highest BCUT2D eigenvalue weighted by molar-refractivity contribution is 9.10. The molecule has 7 nitrogen and oxygen atoms in total. The summed E-state index contributed by atoms with van der Waals surface area (Å²) in [6, 6.07) is 18.3. The number of imide groups is 2. The van der Waals surface area contributed by atoms with E-state index < -0.39 is 17.8 Å². The van der Waals surface area contributed by atoms with Crippen LogP contribution < -0.4 is 19.7 Å². The minimum Gasteiger partial charge on any atom is -0.492 e. The number of carbonyl (C=O) groups excluding carboxylic acids is 3. The molecule has 9 heteroatoms. The second kappa shape index (κ2) is 11.4. The molecule has 184 valence electrons. The first-order valence-electron chi connectivity index (χ1n) is 11.2. The Morgan fingerprint density at radius 1 is 0.972 bits per heavy atom. The summed E-state index contributed by atoms with van der Waals surface area (Å²) in [5.41, 5.74) is 1.62. The summed E-state index contributed by atoms with van der Waals surface area (Å²) in [5, 5.41) is 2.57. The second-order valence-corrected chi connectivity index (χ2v) is 9.23. The van der Waals surface area contributed by atoms with Gasteiger partial charge in [0, 0.05) is 4.47 Å². The van der Waals surface area contributed by atoms with Crippen molar-refractivity contribution >= 4 is 57.1 Å². The molecule has 4 amide bonds. The number of amides is 4. The van der Waals surface area contributed by atoms with E-state index in [0.717, 1.165) is 21.4 Å². The summed E-state index contributed by atoms with van der Waals surface area (Å²) in [5.74, 6) is -0.439. The van der Waals surface area contributed by atoms with Crippen LogP contribution >= 0.6 is 27.5 Å². The predicted molar refractivity (Wildman–Crippen MR) is 141 cm³/mol. The van der Waals surface area contributed by atoms with E-state index in [1.54, 1.807) is 42.5 Å². The number of anilines is 1. The molecule has 0 aromatic heterocycles. The molecule has 1 N–H and O–H groups in total. The molecule has 4 rings (SSSR count). The molecule has 0 saturated carbocycles. The molecule has 1 aliphatic rings.